The summed E-state index contributed by atoms with van der Waals surface area (Å²) in [4.78, 5) is 2.38. The van der Waals surface area contributed by atoms with Crippen LogP contribution in [0.4, 0.5) is 5.69 Å². The Bertz CT molecular complexity index is 1000. The number of anilines is 1. The Balaban J connectivity index is 1.69. The number of benzene rings is 2. The van der Waals surface area contributed by atoms with E-state index >= 15 is 0 Å². The van der Waals surface area contributed by atoms with E-state index in [0.717, 1.165) is 37.2 Å². The molecule has 0 N–H and O–H groups in total. The Kier molecular flexibility index (Phi) is 7.58. The summed E-state index contributed by atoms with van der Waals surface area (Å²) in [5.41, 5.74) is 1.69. The molecule has 1 heterocycles. The molecule has 1 aliphatic heterocycles. The lowest BCUT2D eigenvalue weighted by molar-refractivity contribution is 0.360. The average Bonchev–Trinajstić information content (AvgIpc) is 2.73. The van der Waals surface area contributed by atoms with Gasteiger partial charge in [0.1, 0.15) is 12.4 Å². The van der Waals surface area contributed by atoms with Gasteiger partial charge in [-0.15, -0.1) is 6.58 Å². The van der Waals surface area contributed by atoms with Crippen molar-refractivity contribution in [2.75, 3.05) is 37.6 Å². The summed E-state index contributed by atoms with van der Waals surface area (Å²) in [5.74, 6) is 0.739. The Hall–Kier alpha value is -2.28. The number of sulfonamides is 1. The molecular weight excluding hydrogens is 420 g/mol. The first-order chi connectivity index (χ1) is 14.4. The van der Waals surface area contributed by atoms with Gasteiger partial charge in [-0.05, 0) is 67.9 Å². The van der Waals surface area contributed by atoms with E-state index in [9.17, 15) is 8.42 Å². The zero-order valence-corrected chi connectivity index (χ0v) is 18.7. The maximum Gasteiger partial charge on any atom is 0.264 e. The van der Waals surface area contributed by atoms with Crippen LogP contribution in [0.25, 0.3) is 0 Å². The van der Waals surface area contributed by atoms with Gasteiger partial charge in [0.05, 0.1) is 10.6 Å². The van der Waals surface area contributed by atoms with Gasteiger partial charge in [0, 0.05) is 24.7 Å². The Morgan fingerprint density at radius 3 is 2.67 bits per heavy atom. The minimum absolute atomic E-state index is 0.242. The van der Waals surface area contributed by atoms with Crippen molar-refractivity contribution in [3.05, 3.63) is 77.9 Å². The maximum absolute atomic E-state index is 13.1. The van der Waals surface area contributed by atoms with Gasteiger partial charge < -0.3 is 4.74 Å². The van der Waals surface area contributed by atoms with E-state index in [-0.39, 0.29) is 4.90 Å². The molecule has 0 radical (unpaired) electrons. The summed E-state index contributed by atoms with van der Waals surface area (Å²) in [5, 5.41) is 0.510. The minimum Gasteiger partial charge on any atom is -0.490 e. The number of nitrogens with zero attached hydrogens (tertiary/aromatic N) is 2. The van der Waals surface area contributed by atoms with Crippen LogP contribution in [-0.2, 0) is 16.4 Å². The first-order valence-corrected chi connectivity index (χ1v) is 11.7. The molecule has 0 unspecified atom stereocenters. The van der Waals surface area contributed by atoms with Crippen molar-refractivity contribution in [1.82, 2.24) is 4.90 Å². The minimum atomic E-state index is -3.63. The van der Waals surface area contributed by atoms with Crippen LogP contribution in [-0.4, -0.2) is 46.6 Å². The molecule has 0 atom stereocenters. The van der Waals surface area contributed by atoms with Gasteiger partial charge in [0.25, 0.3) is 10.0 Å². The topological polar surface area (TPSA) is 49.9 Å². The lowest BCUT2D eigenvalue weighted by Gasteiger charge is -2.30. The van der Waals surface area contributed by atoms with E-state index in [0.29, 0.717) is 23.9 Å². The summed E-state index contributed by atoms with van der Waals surface area (Å²) in [6.45, 7) is 6.32. The highest BCUT2D eigenvalue weighted by Crippen LogP contribution is 2.34. The van der Waals surface area contributed by atoms with Gasteiger partial charge >= 0.3 is 0 Å². The molecule has 3 rings (SSSR count). The number of halogens is 1. The van der Waals surface area contributed by atoms with Crippen molar-refractivity contribution in [2.45, 2.75) is 17.7 Å². The van der Waals surface area contributed by atoms with E-state index in [1.165, 1.54) is 4.31 Å². The highest BCUT2D eigenvalue weighted by molar-refractivity contribution is 7.92. The van der Waals surface area contributed by atoms with Crippen LogP contribution < -0.4 is 9.04 Å². The number of ether oxygens (including phenoxy) is 1. The molecule has 160 valence electrons. The SMILES string of the molecule is C=CCN(C)CC=CCOc1ccc2c(c1)CCCN2S(=O)(=O)c1ccc(Cl)cc1. The van der Waals surface area contributed by atoms with Crippen LogP contribution in [0.5, 0.6) is 5.75 Å². The summed E-state index contributed by atoms with van der Waals surface area (Å²) in [7, 11) is -1.60. The summed E-state index contributed by atoms with van der Waals surface area (Å²) >= 11 is 5.90. The third-order valence-corrected chi connectivity index (χ3v) is 6.98. The molecule has 2 aromatic carbocycles. The van der Waals surface area contributed by atoms with Crippen molar-refractivity contribution in [1.29, 1.82) is 0 Å². The predicted octanol–water partition coefficient (Wildman–Crippen LogP) is 4.53. The maximum atomic E-state index is 13.1. The van der Waals surface area contributed by atoms with Crippen LogP contribution in [0, 0.1) is 0 Å². The van der Waals surface area contributed by atoms with Crippen molar-refractivity contribution in [3.63, 3.8) is 0 Å². The van der Waals surface area contributed by atoms with Crippen LogP contribution in [0.15, 0.2) is 72.2 Å². The van der Waals surface area contributed by atoms with E-state index in [2.05, 4.69) is 17.6 Å². The molecule has 0 aromatic heterocycles. The zero-order valence-electron chi connectivity index (χ0n) is 17.1. The highest BCUT2D eigenvalue weighted by Gasteiger charge is 2.29. The number of fused-ring (bicyclic) bond motifs is 1. The number of rotatable bonds is 9. The second kappa shape index (κ2) is 10.2. The number of likely N-dealkylation sites (N-methyl/N-ethyl adjacent to an activating group) is 1. The van der Waals surface area contributed by atoms with Crippen LogP contribution in [0.3, 0.4) is 0 Å². The summed E-state index contributed by atoms with van der Waals surface area (Å²) in [6, 6.07) is 11.9. The molecule has 0 saturated carbocycles. The molecule has 0 saturated heterocycles. The highest BCUT2D eigenvalue weighted by atomic mass is 35.5. The molecule has 1 aliphatic rings. The van der Waals surface area contributed by atoms with Gasteiger partial charge in [0.15, 0.2) is 0 Å². The third kappa shape index (κ3) is 5.45. The molecule has 30 heavy (non-hydrogen) atoms. The summed E-state index contributed by atoms with van der Waals surface area (Å²) in [6.07, 6.45) is 7.49. The van der Waals surface area contributed by atoms with Crippen molar-refractivity contribution >= 4 is 27.3 Å². The van der Waals surface area contributed by atoms with Crippen molar-refractivity contribution in [3.8, 4) is 5.75 Å². The molecule has 5 nitrogen and oxygen atoms in total. The van der Waals surface area contributed by atoms with Crippen LogP contribution in [0.2, 0.25) is 5.02 Å². The first kappa shape index (κ1) is 22.4. The van der Waals surface area contributed by atoms with Gasteiger partial charge in [-0.1, -0.05) is 29.8 Å². The largest absolute Gasteiger partial charge is 0.490 e. The number of hydrogen-bond acceptors (Lipinski definition) is 4. The van der Waals surface area contributed by atoms with Gasteiger partial charge in [0.2, 0.25) is 0 Å². The third-order valence-electron chi connectivity index (χ3n) is 4.90. The lowest BCUT2D eigenvalue weighted by Crippen LogP contribution is -2.35. The fourth-order valence-corrected chi connectivity index (χ4v) is 5.04. The molecule has 0 spiro atoms. The zero-order chi connectivity index (χ0) is 21.6. The molecule has 0 amide bonds. The van der Waals surface area contributed by atoms with Gasteiger partial charge in [-0.3, -0.25) is 9.21 Å². The Morgan fingerprint density at radius 2 is 1.93 bits per heavy atom. The average molecular weight is 447 g/mol. The van der Waals surface area contributed by atoms with Crippen molar-refractivity contribution in [2.24, 2.45) is 0 Å². The second-order valence-corrected chi connectivity index (χ2v) is 9.52. The van der Waals surface area contributed by atoms with E-state index in [1.54, 1.807) is 24.3 Å². The monoisotopic (exact) mass is 446 g/mol. The second-order valence-electron chi connectivity index (χ2n) is 7.22. The Labute approximate surface area is 184 Å². The van der Waals surface area contributed by atoms with Crippen molar-refractivity contribution < 1.29 is 13.2 Å². The fourth-order valence-electron chi connectivity index (χ4n) is 3.37. The number of hydrogen-bond donors (Lipinski definition) is 0. The molecule has 0 aliphatic carbocycles. The fraction of sp³-hybridized carbons (Fsp3) is 0.304. The van der Waals surface area contributed by atoms with Crippen LogP contribution in [0.1, 0.15) is 12.0 Å². The lowest BCUT2D eigenvalue weighted by atomic mass is 10.0. The normalized spacial score (nSPS) is 14.2. The first-order valence-electron chi connectivity index (χ1n) is 9.90. The van der Waals surface area contributed by atoms with Crippen LogP contribution >= 0.6 is 11.6 Å². The molecule has 0 bridgehead atoms. The molecule has 7 heteroatoms. The predicted molar refractivity (Wildman–Crippen MR) is 123 cm³/mol. The standard InChI is InChI=1S/C23H27ClN2O3S/c1-3-14-25(2)15-4-5-17-29-21-10-13-23-19(18-21)7-6-16-26(23)30(27,28)22-11-8-20(24)9-12-22/h3-5,8-13,18H,1,6-7,14-17H2,2H3. The molecule has 2 aromatic rings. The molecular formula is C23H27ClN2O3S. The van der Waals surface area contributed by atoms with E-state index in [4.69, 9.17) is 16.3 Å². The van der Waals surface area contributed by atoms with E-state index in [1.807, 2.05) is 37.4 Å². The summed E-state index contributed by atoms with van der Waals surface area (Å²) < 4.78 is 33.6. The van der Waals surface area contributed by atoms with Gasteiger partial charge in [-0.25, -0.2) is 8.42 Å². The smallest absolute Gasteiger partial charge is 0.264 e. The van der Waals surface area contributed by atoms with E-state index < -0.39 is 10.0 Å². The molecule has 0 fully saturated rings. The Morgan fingerprint density at radius 1 is 1.17 bits per heavy atom. The quantitative estimate of drug-likeness (QED) is 0.531. The number of aryl methyl sites for hydroxylation is 1. The van der Waals surface area contributed by atoms with Gasteiger partial charge in [-0.2, -0.15) is 0 Å².